The summed E-state index contributed by atoms with van der Waals surface area (Å²) in [6.07, 6.45) is 19.4. The van der Waals surface area contributed by atoms with E-state index in [1.54, 1.807) is 0 Å². The summed E-state index contributed by atoms with van der Waals surface area (Å²) in [5.74, 6) is 0. The maximum absolute atomic E-state index is 5.60. The average molecular weight is 387 g/mol. The van der Waals surface area contributed by atoms with Gasteiger partial charge in [0.2, 0.25) is 0 Å². The Hall–Kier alpha value is -0.580. The van der Waals surface area contributed by atoms with Crippen molar-refractivity contribution in [2.24, 2.45) is 0 Å². The lowest BCUT2D eigenvalue weighted by molar-refractivity contribution is 0.00608. The van der Waals surface area contributed by atoms with Crippen molar-refractivity contribution in [2.45, 2.75) is 90.4 Å². The Morgan fingerprint density at radius 3 is 1.30 bits per heavy atom. The molecular weight excluding hydrogens is 340 g/mol. The lowest BCUT2D eigenvalue weighted by Crippen LogP contribution is -2.11. The van der Waals surface area contributed by atoms with Gasteiger partial charge in [0.25, 0.3) is 0 Å². The Kier molecular flexibility index (Phi) is 24.9. The molecule has 0 aromatic heterocycles. The van der Waals surface area contributed by atoms with Crippen LogP contribution in [0.2, 0.25) is 0 Å². The molecule has 27 heavy (non-hydrogen) atoms. The first-order chi connectivity index (χ1) is 13.4. The van der Waals surface area contributed by atoms with Gasteiger partial charge in [-0.2, -0.15) is 0 Å². The molecule has 4 nitrogen and oxygen atoms in total. The van der Waals surface area contributed by atoms with E-state index in [9.17, 15) is 0 Å². The number of unbranched alkanes of at least 4 members (excludes halogenated alkanes) is 12. The van der Waals surface area contributed by atoms with Crippen LogP contribution in [0.25, 0.3) is 0 Å². The fourth-order valence-corrected chi connectivity index (χ4v) is 2.95. The van der Waals surface area contributed by atoms with Gasteiger partial charge in [0.05, 0.1) is 39.3 Å². The second-order valence-corrected chi connectivity index (χ2v) is 7.12. The van der Waals surface area contributed by atoms with E-state index >= 15 is 0 Å². The van der Waals surface area contributed by atoms with Crippen molar-refractivity contribution in [3.8, 4) is 0 Å². The number of ether oxygens (including phenoxy) is 4. The minimum Gasteiger partial charge on any atom is -0.499 e. The Morgan fingerprint density at radius 1 is 0.481 bits per heavy atom. The third kappa shape index (κ3) is 25.4. The molecule has 0 radical (unpaired) electrons. The predicted molar refractivity (Wildman–Crippen MR) is 114 cm³/mol. The summed E-state index contributed by atoms with van der Waals surface area (Å²) in [5.41, 5.74) is 0. The quantitative estimate of drug-likeness (QED) is 0.144. The van der Waals surface area contributed by atoms with Crippen LogP contribution in [-0.4, -0.2) is 46.2 Å². The standard InChI is InChI=1S/C23H46O4/c1-3-5-6-7-8-9-10-11-12-13-14-15-16-17-25-20-21-27-23-22-26-19-18-24-4-2/h4H,2-3,5-23H2,1H3. The zero-order valence-electron chi connectivity index (χ0n) is 18.1. The first-order valence-electron chi connectivity index (χ1n) is 11.4. The summed E-state index contributed by atoms with van der Waals surface area (Å²) in [4.78, 5) is 0. The van der Waals surface area contributed by atoms with Crippen LogP contribution in [-0.2, 0) is 18.9 Å². The van der Waals surface area contributed by atoms with Gasteiger partial charge in [0.1, 0.15) is 6.61 Å². The molecule has 0 aliphatic rings. The zero-order chi connectivity index (χ0) is 19.7. The number of rotatable bonds is 24. The largest absolute Gasteiger partial charge is 0.499 e. The highest BCUT2D eigenvalue weighted by molar-refractivity contribution is 4.49. The third-order valence-electron chi connectivity index (χ3n) is 4.60. The molecule has 0 aromatic carbocycles. The fourth-order valence-electron chi connectivity index (χ4n) is 2.95. The maximum Gasteiger partial charge on any atom is 0.111 e. The van der Waals surface area contributed by atoms with Gasteiger partial charge in [-0.3, -0.25) is 0 Å². The molecular formula is C23H46O4. The van der Waals surface area contributed by atoms with E-state index in [2.05, 4.69) is 13.5 Å². The first-order valence-corrected chi connectivity index (χ1v) is 11.4. The summed E-state index contributed by atoms with van der Waals surface area (Å²) < 4.78 is 21.3. The Morgan fingerprint density at radius 2 is 0.852 bits per heavy atom. The van der Waals surface area contributed by atoms with Crippen LogP contribution in [0.3, 0.4) is 0 Å². The Balaban J connectivity index is 2.96. The van der Waals surface area contributed by atoms with E-state index in [1.165, 1.54) is 89.7 Å². The van der Waals surface area contributed by atoms with E-state index in [1.807, 2.05) is 0 Å². The molecule has 0 rings (SSSR count). The minimum absolute atomic E-state index is 0.547. The van der Waals surface area contributed by atoms with Crippen LogP contribution in [0, 0.1) is 0 Å². The molecule has 0 N–H and O–H groups in total. The molecule has 0 atom stereocenters. The van der Waals surface area contributed by atoms with Crippen molar-refractivity contribution in [1.29, 1.82) is 0 Å². The van der Waals surface area contributed by atoms with E-state index in [0.29, 0.717) is 39.6 Å². The van der Waals surface area contributed by atoms with Gasteiger partial charge < -0.3 is 18.9 Å². The van der Waals surface area contributed by atoms with Gasteiger partial charge in [-0.25, -0.2) is 0 Å². The summed E-state index contributed by atoms with van der Waals surface area (Å²) >= 11 is 0. The van der Waals surface area contributed by atoms with E-state index in [-0.39, 0.29) is 0 Å². The van der Waals surface area contributed by atoms with Gasteiger partial charge in [0.15, 0.2) is 0 Å². The van der Waals surface area contributed by atoms with Crippen LogP contribution in [0.15, 0.2) is 12.8 Å². The Labute approximate surface area is 169 Å². The molecule has 0 heterocycles. The van der Waals surface area contributed by atoms with Crippen molar-refractivity contribution in [2.75, 3.05) is 46.2 Å². The van der Waals surface area contributed by atoms with Gasteiger partial charge in [-0.05, 0) is 6.42 Å². The highest BCUT2D eigenvalue weighted by Crippen LogP contribution is 2.12. The molecule has 0 spiro atoms. The summed E-state index contributed by atoms with van der Waals surface area (Å²) in [6, 6.07) is 0. The molecule has 4 heteroatoms. The monoisotopic (exact) mass is 386 g/mol. The number of hydrogen-bond donors (Lipinski definition) is 0. The van der Waals surface area contributed by atoms with Crippen molar-refractivity contribution in [3.05, 3.63) is 12.8 Å². The first kappa shape index (κ1) is 26.4. The van der Waals surface area contributed by atoms with Crippen LogP contribution in [0.1, 0.15) is 90.4 Å². The summed E-state index contributed by atoms with van der Waals surface area (Å²) in [7, 11) is 0. The molecule has 0 saturated heterocycles. The molecule has 0 fully saturated rings. The lowest BCUT2D eigenvalue weighted by atomic mass is 10.0. The fraction of sp³-hybridized carbons (Fsp3) is 0.913. The molecule has 162 valence electrons. The van der Waals surface area contributed by atoms with Crippen LogP contribution in [0.5, 0.6) is 0 Å². The van der Waals surface area contributed by atoms with Crippen LogP contribution < -0.4 is 0 Å². The molecule has 0 bridgehead atoms. The highest BCUT2D eigenvalue weighted by atomic mass is 16.6. The van der Waals surface area contributed by atoms with Crippen molar-refractivity contribution < 1.29 is 18.9 Å². The van der Waals surface area contributed by atoms with Crippen molar-refractivity contribution >= 4 is 0 Å². The van der Waals surface area contributed by atoms with Gasteiger partial charge in [-0.15, -0.1) is 0 Å². The van der Waals surface area contributed by atoms with Gasteiger partial charge in [0, 0.05) is 6.61 Å². The second-order valence-electron chi connectivity index (χ2n) is 7.12. The molecule has 0 amide bonds. The molecule has 0 unspecified atom stereocenters. The lowest BCUT2D eigenvalue weighted by Gasteiger charge is -2.07. The van der Waals surface area contributed by atoms with Crippen LogP contribution >= 0.6 is 0 Å². The average Bonchev–Trinajstić information content (AvgIpc) is 2.68. The molecule has 0 aliphatic carbocycles. The zero-order valence-corrected chi connectivity index (χ0v) is 18.1. The molecule has 0 aliphatic heterocycles. The summed E-state index contributed by atoms with van der Waals surface area (Å²) in [5, 5.41) is 0. The predicted octanol–water partition coefficient (Wildman–Crippen LogP) is 6.29. The van der Waals surface area contributed by atoms with Gasteiger partial charge in [-0.1, -0.05) is 90.6 Å². The summed E-state index contributed by atoms with van der Waals surface area (Å²) in [6.45, 7) is 10.3. The SMILES string of the molecule is C=COCCOCCOCCOCCCCCCCCCCCCCCC. The third-order valence-corrected chi connectivity index (χ3v) is 4.60. The normalized spacial score (nSPS) is 11.0. The van der Waals surface area contributed by atoms with E-state index in [0.717, 1.165) is 6.61 Å². The maximum atomic E-state index is 5.60. The van der Waals surface area contributed by atoms with E-state index < -0.39 is 0 Å². The van der Waals surface area contributed by atoms with Gasteiger partial charge >= 0.3 is 0 Å². The molecule has 0 saturated carbocycles. The smallest absolute Gasteiger partial charge is 0.111 e. The van der Waals surface area contributed by atoms with Crippen LogP contribution in [0.4, 0.5) is 0 Å². The van der Waals surface area contributed by atoms with Crippen molar-refractivity contribution in [3.63, 3.8) is 0 Å². The second kappa shape index (κ2) is 25.4. The van der Waals surface area contributed by atoms with E-state index in [4.69, 9.17) is 18.9 Å². The highest BCUT2D eigenvalue weighted by Gasteiger charge is 1.95. The minimum atomic E-state index is 0.547. The number of hydrogen-bond acceptors (Lipinski definition) is 4. The van der Waals surface area contributed by atoms with Crippen molar-refractivity contribution in [1.82, 2.24) is 0 Å². The molecule has 0 aromatic rings. The Bertz CT molecular complexity index is 271. The topological polar surface area (TPSA) is 36.9 Å².